The molecule has 0 aliphatic carbocycles. The molecule has 0 aromatic heterocycles. The van der Waals surface area contributed by atoms with Crippen molar-refractivity contribution in [3.8, 4) is 11.5 Å². The predicted octanol–water partition coefficient (Wildman–Crippen LogP) is 0.650. The standard InChI is InChI=1S/C15H23N3O3/c1-20-13-10-11(9-12(16)15(13)21-2)3-4-14(19)18-7-5-17-6-8-18/h9-10,17H,3-8,16H2,1-2H3. The van der Waals surface area contributed by atoms with Gasteiger partial charge in [0.05, 0.1) is 19.9 Å². The van der Waals surface area contributed by atoms with Crippen LogP contribution in [0.1, 0.15) is 12.0 Å². The van der Waals surface area contributed by atoms with Crippen molar-refractivity contribution in [2.24, 2.45) is 0 Å². The van der Waals surface area contributed by atoms with Crippen molar-refractivity contribution < 1.29 is 14.3 Å². The van der Waals surface area contributed by atoms with E-state index in [0.717, 1.165) is 31.7 Å². The molecule has 0 unspecified atom stereocenters. The van der Waals surface area contributed by atoms with E-state index in [1.807, 2.05) is 17.0 Å². The lowest BCUT2D eigenvalue weighted by Gasteiger charge is -2.27. The molecule has 3 N–H and O–H groups in total. The SMILES string of the molecule is COc1cc(CCC(=O)N2CCNCC2)cc(N)c1OC. The maximum Gasteiger partial charge on any atom is 0.222 e. The number of benzene rings is 1. The van der Waals surface area contributed by atoms with Gasteiger partial charge in [0.25, 0.3) is 0 Å². The van der Waals surface area contributed by atoms with Crippen LogP contribution >= 0.6 is 0 Å². The van der Waals surface area contributed by atoms with Gasteiger partial charge in [-0.25, -0.2) is 0 Å². The fraction of sp³-hybridized carbons (Fsp3) is 0.533. The normalized spacial score (nSPS) is 14.9. The molecule has 1 aliphatic rings. The van der Waals surface area contributed by atoms with Gasteiger partial charge in [-0.2, -0.15) is 0 Å². The first-order valence-corrected chi connectivity index (χ1v) is 7.14. The summed E-state index contributed by atoms with van der Waals surface area (Å²) in [5, 5.41) is 3.24. The number of nitrogens with one attached hydrogen (secondary N) is 1. The number of piperazine rings is 1. The highest BCUT2D eigenvalue weighted by Crippen LogP contribution is 2.34. The molecule has 1 aromatic carbocycles. The Labute approximate surface area is 125 Å². The summed E-state index contributed by atoms with van der Waals surface area (Å²) in [6.45, 7) is 3.31. The zero-order chi connectivity index (χ0) is 15.2. The largest absolute Gasteiger partial charge is 0.493 e. The topological polar surface area (TPSA) is 76.8 Å². The molecule has 2 rings (SSSR count). The lowest BCUT2D eigenvalue weighted by Crippen LogP contribution is -2.46. The van der Waals surface area contributed by atoms with Gasteiger partial charge in [-0.05, 0) is 24.1 Å². The Morgan fingerprint density at radius 2 is 2.00 bits per heavy atom. The van der Waals surface area contributed by atoms with Crippen molar-refractivity contribution in [1.82, 2.24) is 10.2 Å². The third-order valence-corrected chi connectivity index (χ3v) is 3.66. The van der Waals surface area contributed by atoms with Crippen molar-refractivity contribution in [2.45, 2.75) is 12.8 Å². The fourth-order valence-corrected chi connectivity index (χ4v) is 2.52. The molecule has 1 aromatic rings. The first-order chi connectivity index (χ1) is 10.2. The number of aryl methyl sites for hydroxylation is 1. The molecule has 0 bridgehead atoms. The number of carbonyl (C=O) groups excluding carboxylic acids is 1. The summed E-state index contributed by atoms with van der Waals surface area (Å²) < 4.78 is 10.5. The van der Waals surface area contributed by atoms with Gasteiger partial charge in [0, 0.05) is 32.6 Å². The van der Waals surface area contributed by atoms with Crippen LogP contribution in [0.15, 0.2) is 12.1 Å². The van der Waals surface area contributed by atoms with E-state index in [4.69, 9.17) is 15.2 Å². The van der Waals surface area contributed by atoms with Gasteiger partial charge < -0.3 is 25.4 Å². The summed E-state index contributed by atoms with van der Waals surface area (Å²) in [5.74, 6) is 1.32. The molecule has 1 fully saturated rings. The number of nitrogen functional groups attached to an aromatic ring is 1. The Morgan fingerprint density at radius 1 is 1.29 bits per heavy atom. The molecule has 21 heavy (non-hydrogen) atoms. The molecular weight excluding hydrogens is 270 g/mol. The number of carbonyl (C=O) groups is 1. The summed E-state index contributed by atoms with van der Waals surface area (Å²) in [6.07, 6.45) is 1.13. The van der Waals surface area contributed by atoms with Crippen LogP contribution in [0.4, 0.5) is 5.69 Å². The Bertz CT molecular complexity index is 499. The average molecular weight is 293 g/mol. The van der Waals surface area contributed by atoms with Gasteiger partial charge in [-0.3, -0.25) is 4.79 Å². The van der Waals surface area contributed by atoms with E-state index < -0.39 is 0 Å². The van der Waals surface area contributed by atoms with Crippen LogP contribution in [0.2, 0.25) is 0 Å². The van der Waals surface area contributed by atoms with Gasteiger partial charge in [0.15, 0.2) is 11.5 Å². The van der Waals surface area contributed by atoms with E-state index in [1.54, 1.807) is 14.2 Å². The van der Waals surface area contributed by atoms with Gasteiger partial charge in [-0.15, -0.1) is 0 Å². The molecule has 6 nitrogen and oxygen atoms in total. The number of anilines is 1. The van der Waals surface area contributed by atoms with E-state index >= 15 is 0 Å². The second-order valence-electron chi connectivity index (χ2n) is 5.05. The van der Waals surface area contributed by atoms with Crippen molar-refractivity contribution in [1.29, 1.82) is 0 Å². The van der Waals surface area contributed by atoms with Crippen molar-refractivity contribution in [3.05, 3.63) is 17.7 Å². The zero-order valence-electron chi connectivity index (χ0n) is 12.6. The van der Waals surface area contributed by atoms with Gasteiger partial charge in [0.2, 0.25) is 5.91 Å². The third-order valence-electron chi connectivity index (χ3n) is 3.66. The first-order valence-electron chi connectivity index (χ1n) is 7.14. The summed E-state index contributed by atoms with van der Waals surface area (Å²) in [4.78, 5) is 14.0. The number of hydrogen-bond acceptors (Lipinski definition) is 5. The highest BCUT2D eigenvalue weighted by Gasteiger charge is 2.16. The minimum atomic E-state index is 0.185. The highest BCUT2D eigenvalue weighted by atomic mass is 16.5. The van der Waals surface area contributed by atoms with Crippen LogP contribution in [0.5, 0.6) is 11.5 Å². The van der Waals surface area contributed by atoms with E-state index in [0.29, 0.717) is 30.0 Å². The maximum atomic E-state index is 12.1. The number of nitrogens with two attached hydrogens (primary N) is 1. The summed E-state index contributed by atoms with van der Waals surface area (Å²) in [7, 11) is 3.13. The number of hydrogen-bond donors (Lipinski definition) is 2. The Morgan fingerprint density at radius 3 is 2.62 bits per heavy atom. The lowest BCUT2D eigenvalue weighted by atomic mass is 10.1. The smallest absolute Gasteiger partial charge is 0.222 e. The number of ether oxygens (including phenoxy) is 2. The molecular formula is C15H23N3O3. The lowest BCUT2D eigenvalue weighted by molar-refractivity contribution is -0.131. The molecule has 1 heterocycles. The molecule has 1 aliphatic heterocycles. The molecule has 0 atom stereocenters. The molecule has 6 heteroatoms. The zero-order valence-corrected chi connectivity index (χ0v) is 12.6. The first kappa shape index (κ1) is 15.4. The van der Waals surface area contributed by atoms with Gasteiger partial charge in [-0.1, -0.05) is 0 Å². The van der Waals surface area contributed by atoms with Crippen LogP contribution in [0.3, 0.4) is 0 Å². The molecule has 116 valence electrons. The van der Waals surface area contributed by atoms with E-state index in [-0.39, 0.29) is 5.91 Å². The molecule has 0 saturated carbocycles. The monoisotopic (exact) mass is 293 g/mol. The molecule has 1 amide bonds. The molecule has 0 radical (unpaired) electrons. The number of rotatable bonds is 5. The van der Waals surface area contributed by atoms with Gasteiger partial charge >= 0.3 is 0 Å². The van der Waals surface area contributed by atoms with Gasteiger partial charge in [0.1, 0.15) is 0 Å². The number of methoxy groups -OCH3 is 2. The van der Waals surface area contributed by atoms with Crippen LogP contribution in [0, 0.1) is 0 Å². The third kappa shape index (κ3) is 3.78. The van der Waals surface area contributed by atoms with Crippen LogP contribution in [-0.2, 0) is 11.2 Å². The second kappa shape index (κ2) is 7.17. The Kier molecular flexibility index (Phi) is 5.27. The van der Waals surface area contributed by atoms with E-state index in [2.05, 4.69) is 5.32 Å². The van der Waals surface area contributed by atoms with E-state index in [9.17, 15) is 4.79 Å². The highest BCUT2D eigenvalue weighted by molar-refractivity contribution is 5.76. The maximum absolute atomic E-state index is 12.1. The summed E-state index contributed by atoms with van der Waals surface area (Å²) >= 11 is 0. The quantitative estimate of drug-likeness (QED) is 0.780. The van der Waals surface area contributed by atoms with Crippen LogP contribution < -0.4 is 20.5 Å². The minimum absolute atomic E-state index is 0.185. The fourth-order valence-electron chi connectivity index (χ4n) is 2.52. The second-order valence-corrected chi connectivity index (χ2v) is 5.05. The van der Waals surface area contributed by atoms with Crippen molar-refractivity contribution in [2.75, 3.05) is 46.1 Å². The Balaban J connectivity index is 1.99. The average Bonchev–Trinajstić information content (AvgIpc) is 2.52. The molecule has 0 spiro atoms. The predicted molar refractivity (Wildman–Crippen MR) is 81.7 cm³/mol. The number of amides is 1. The minimum Gasteiger partial charge on any atom is -0.493 e. The van der Waals surface area contributed by atoms with Crippen LogP contribution in [-0.4, -0.2) is 51.2 Å². The van der Waals surface area contributed by atoms with Crippen molar-refractivity contribution in [3.63, 3.8) is 0 Å². The van der Waals surface area contributed by atoms with Crippen LogP contribution in [0.25, 0.3) is 0 Å². The van der Waals surface area contributed by atoms with E-state index in [1.165, 1.54) is 0 Å². The Hall–Kier alpha value is -1.95. The molecule has 1 saturated heterocycles. The van der Waals surface area contributed by atoms with Crippen molar-refractivity contribution >= 4 is 11.6 Å². The number of nitrogens with zero attached hydrogens (tertiary/aromatic N) is 1. The summed E-state index contributed by atoms with van der Waals surface area (Å²) in [6, 6.07) is 3.71. The summed E-state index contributed by atoms with van der Waals surface area (Å²) in [5.41, 5.74) is 7.46.